The minimum Gasteiger partial charge on any atom is -0.314 e. The molecule has 0 amide bonds. The zero-order valence-corrected chi connectivity index (χ0v) is 16.1. The van der Waals surface area contributed by atoms with Crippen LogP contribution in [0.25, 0.3) is 11.4 Å². The van der Waals surface area contributed by atoms with Crippen molar-refractivity contribution < 1.29 is 0 Å². The van der Waals surface area contributed by atoms with Crippen molar-refractivity contribution >= 4 is 0 Å². The van der Waals surface area contributed by atoms with Crippen LogP contribution in [-0.4, -0.2) is 40.0 Å². The molecule has 2 N–H and O–H groups in total. The van der Waals surface area contributed by atoms with Gasteiger partial charge < -0.3 is 10.3 Å². The number of rotatable bonds is 6. The molecule has 2 aromatic rings. The van der Waals surface area contributed by atoms with Gasteiger partial charge in [0.25, 0.3) is 5.56 Å². The average molecular weight is 354 g/mol. The van der Waals surface area contributed by atoms with Gasteiger partial charge in [0.05, 0.1) is 0 Å². The SMILES string of the molecule is CCCCc1cc(=O)[nH]c(-c2cccc(CN3CCNCC3(C)C)c2)n1. The van der Waals surface area contributed by atoms with Crippen molar-refractivity contribution in [1.29, 1.82) is 0 Å². The van der Waals surface area contributed by atoms with Gasteiger partial charge in [0.2, 0.25) is 0 Å². The molecule has 1 fully saturated rings. The summed E-state index contributed by atoms with van der Waals surface area (Å²) in [5.74, 6) is 0.671. The third-order valence-corrected chi connectivity index (χ3v) is 5.13. The number of hydrogen-bond donors (Lipinski definition) is 2. The minimum absolute atomic E-state index is 0.0743. The third-order valence-electron chi connectivity index (χ3n) is 5.13. The van der Waals surface area contributed by atoms with Crippen molar-refractivity contribution in [3.05, 3.63) is 51.9 Å². The highest BCUT2D eigenvalue weighted by Crippen LogP contribution is 2.22. The van der Waals surface area contributed by atoms with Crippen molar-refractivity contribution in [2.75, 3.05) is 19.6 Å². The molecule has 5 nitrogen and oxygen atoms in total. The fourth-order valence-electron chi connectivity index (χ4n) is 3.48. The molecule has 1 aliphatic heterocycles. The van der Waals surface area contributed by atoms with Gasteiger partial charge in [-0.05, 0) is 38.3 Å². The summed E-state index contributed by atoms with van der Waals surface area (Å²) in [5, 5.41) is 3.47. The summed E-state index contributed by atoms with van der Waals surface area (Å²) in [6, 6.07) is 10.00. The molecule has 5 heteroatoms. The van der Waals surface area contributed by atoms with E-state index in [1.54, 1.807) is 6.07 Å². The van der Waals surface area contributed by atoms with Gasteiger partial charge >= 0.3 is 0 Å². The van der Waals surface area contributed by atoms with E-state index in [1.165, 1.54) is 5.56 Å². The normalized spacial score (nSPS) is 17.3. The Morgan fingerprint density at radius 1 is 1.27 bits per heavy atom. The number of nitrogens with one attached hydrogen (secondary N) is 2. The van der Waals surface area contributed by atoms with Gasteiger partial charge in [0.15, 0.2) is 0 Å². The van der Waals surface area contributed by atoms with Crippen LogP contribution in [0.3, 0.4) is 0 Å². The molecular formula is C21H30N4O. The fraction of sp³-hybridized carbons (Fsp3) is 0.524. The maximum Gasteiger partial charge on any atom is 0.251 e. The topological polar surface area (TPSA) is 61.0 Å². The molecule has 140 valence electrons. The van der Waals surface area contributed by atoms with Gasteiger partial charge in [-0.1, -0.05) is 31.5 Å². The van der Waals surface area contributed by atoms with Gasteiger partial charge in [-0.25, -0.2) is 4.98 Å². The molecule has 1 aromatic heterocycles. The summed E-state index contributed by atoms with van der Waals surface area (Å²) in [4.78, 5) is 22.1. The van der Waals surface area contributed by atoms with E-state index in [9.17, 15) is 4.79 Å². The molecule has 26 heavy (non-hydrogen) atoms. The van der Waals surface area contributed by atoms with E-state index in [-0.39, 0.29) is 11.1 Å². The Morgan fingerprint density at radius 3 is 2.88 bits per heavy atom. The Morgan fingerprint density at radius 2 is 2.12 bits per heavy atom. The average Bonchev–Trinajstić information content (AvgIpc) is 2.61. The lowest BCUT2D eigenvalue weighted by Crippen LogP contribution is -2.57. The molecule has 0 bridgehead atoms. The molecule has 1 aliphatic rings. The molecule has 0 aliphatic carbocycles. The lowest BCUT2D eigenvalue weighted by atomic mass is 9.98. The summed E-state index contributed by atoms with van der Waals surface area (Å²) in [5.41, 5.74) is 3.17. The summed E-state index contributed by atoms with van der Waals surface area (Å²) >= 11 is 0. The molecule has 0 spiro atoms. The first-order valence-corrected chi connectivity index (χ1v) is 9.63. The summed E-state index contributed by atoms with van der Waals surface area (Å²) in [6.07, 6.45) is 3.00. The molecule has 2 heterocycles. The van der Waals surface area contributed by atoms with E-state index in [0.717, 1.165) is 56.7 Å². The second-order valence-corrected chi connectivity index (χ2v) is 7.80. The standard InChI is InChI=1S/C21H30N4O/c1-4-5-9-18-13-19(26)24-20(23-18)17-8-6-7-16(12-17)14-25-11-10-22-15-21(25,2)3/h6-8,12-13,22H,4-5,9-11,14-15H2,1-3H3,(H,23,24,26). The van der Waals surface area contributed by atoms with Crippen molar-refractivity contribution in [2.45, 2.75) is 52.1 Å². The van der Waals surface area contributed by atoms with Crippen LogP contribution in [0.15, 0.2) is 35.1 Å². The Balaban J connectivity index is 1.83. The molecule has 0 unspecified atom stereocenters. The van der Waals surface area contributed by atoms with Crippen LogP contribution in [-0.2, 0) is 13.0 Å². The van der Waals surface area contributed by atoms with E-state index in [1.807, 2.05) is 6.07 Å². The van der Waals surface area contributed by atoms with Crippen LogP contribution < -0.4 is 10.9 Å². The predicted molar refractivity (Wildman–Crippen MR) is 106 cm³/mol. The summed E-state index contributed by atoms with van der Waals surface area (Å²) in [6.45, 7) is 10.7. The molecule has 0 radical (unpaired) electrons. The van der Waals surface area contributed by atoms with Crippen LogP contribution >= 0.6 is 0 Å². The number of H-pyrrole nitrogens is 1. The number of hydrogen-bond acceptors (Lipinski definition) is 4. The number of benzene rings is 1. The highest BCUT2D eigenvalue weighted by Gasteiger charge is 2.29. The Kier molecular flexibility index (Phi) is 5.89. The van der Waals surface area contributed by atoms with Crippen molar-refractivity contribution in [1.82, 2.24) is 20.2 Å². The van der Waals surface area contributed by atoms with Crippen LogP contribution in [0, 0.1) is 0 Å². The first-order chi connectivity index (χ1) is 12.5. The second kappa shape index (κ2) is 8.14. The lowest BCUT2D eigenvalue weighted by molar-refractivity contribution is 0.0828. The van der Waals surface area contributed by atoms with Gasteiger partial charge in [0, 0.05) is 49.0 Å². The molecule has 3 rings (SSSR count). The zero-order valence-electron chi connectivity index (χ0n) is 16.1. The first-order valence-electron chi connectivity index (χ1n) is 9.63. The quantitative estimate of drug-likeness (QED) is 0.837. The highest BCUT2D eigenvalue weighted by molar-refractivity contribution is 5.56. The van der Waals surface area contributed by atoms with Gasteiger partial charge in [0.1, 0.15) is 5.82 Å². The molecule has 1 saturated heterocycles. The first kappa shape index (κ1) is 18.8. The molecular weight excluding hydrogens is 324 g/mol. The molecule has 0 saturated carbocycles. The largest absolute Gasteiger partial charge is 0.314 e. The number of unbranched alkanes of at least 4 members (excludes halogenated alkanes) is 1. The van der Waals surface area contributed by atoms with Gasteiger partial charge in [-0.15, -0.1) is 0 Å². The smallest absolute Gasteiger partial charge is 0.251 e. The number of piperazine rings is 1. The maximum absolute atomic E-state index is 12.0. The maximum atomic E-state index is 12.0. The number of aromatic nitrogens is 2. The van der Waals surface area contributed by atoms with E-state index in [0.29, 0.717) is 5.82 Å². The van der Waals surface area contributed by atoms with Crippen molar-refractivity contribution in [3.8, 4) is 11.4 Å². The summed E-state index contributed by atoms with van der Waals surface area (Å²) in [7, 11) is 0. The van der Waals surface area contributed by atoms with Crippen molar-refractivity contribution in [2.24, 2.45) is 0 Å². The molecule has 0 atom stereocenters. The predicted octanol–water partition coefficient (Wildman–Crippen LogP) is 2.96. The van der Waals surface area contributed by atoms with E-state index in [2.05, 4.69) is 59.2 Å². The van der Waals surface area contributed by atoms with Crippen molar-refractivity contribution in [3.63, 3.8) is 0 Å². The Hall–Kier alpha value is -1.98. The Bertz CT molecular complexity index is 797. The lowest BCUT2D eigenvalue weighted by Gasteiger charge is -2.43. The van der Waals surface area contributed by atoms with E-state index < -0.39 is 0 Å². The third kappa shape index (κ3) is 4.59. The molecule has 1 aromatic carbocycles. The van der Waals surface area contributed by atoms with Gasteiger partial charge in [-0.3, -0.25) is 9.69 Å². The highest BCUT2D eigenvalue weighted by atomic mass is 16.1. The zero-order chi connectivity index (χ0) is 18.6. The van der Waals surface area contributed by atoms with E-state index in [4.69, 9.17) is 0 Å². The Labute approximate surface area is 155 Å². The van der Waals surface area contributed by atoms with Crippen LogP contribution in [0.5, 0.6) is 0 Å². The van der Waals surface area contributed by atoms with E-state index >= 15 is 0 Å². The number of nitrogens with zero attached hydrogens (tertiary/aromatic N) is 2. The van der Waals surface area contributed by atoms with Crippen LogP contribution in [0.2, 0.25) is 0 Å². The van der Waals surface area contributed by atoms with Crippen LogP contribution in [0.1, 0.15) is 44.9 Å². The monoisotopic (exact) mass is 354 g/mol. The second-order valence-electron chi connectivity index (χ2n) is 7.80. The summed E-state index contributed by atoms with van der Waals surface area (Å²) < 4.78 is 0. The minimum atomic E-state index is -0.0743. The van der Waals surface area contributed by atoms with Crippen LogP contribution in [0.4, 0.5) is 0 Å². The van der Waals surface area contributed by atoms with Gasteiger partial charge in [-0.2, -0.15) is 0 Å². The fourth-order valence-corrected chi connectivity index (χ4v) is 3.48. The number of aryl methyl sites for hydroxylation is 1. The number of aromatic amines is 1.